The fraction of sp³-hybridized carbons (Fsp3) is 0.762. The second kappa shape index (κ2) is 9.56. The molecule has 1 aliphatic carbocycles. The number of ether oxygens (including phenoxy) is 2. The Morgan fingerprint density at radius 3 is 2.79 bits per heavy atom. The van der Waals surface area contributed by atoms with Crippen LogP contribution in [-0.2, 0) is 42.0 Å². The number of carbonyl (C=O) groups is 3. The molecule has 0 aromatic carbocycles. The summed E-state index contributed by atoms with van der Waals surface area (Å²) in [6, 6.07) is 0. The summed E-state index contributed by atoms with van der Waals surface area (Å²) in [5, 5.41) is 0. The van der Waals surface area contributed by atoms with Gasteiger partial charge >= 0.3 is 13.8 Å². The lowest BCUT2D eigenvalue weighted by Crippen LogP contribution is -2.60. The Kier molecular flexibility index (Phi) is 7.10. The molecule has 1 amide bonds. The monoisotopic (exact) mass is 486 g/mol. The smallest absolute Gasteiger partial charge is 0.462 e. The molecule has 33 heavy (non-hydrogen) atoms. The number of carbonyl (C=O) groups excluding carboxylic acids is 3. The lowest BCUT2D eigenvalue weighted by molar-refractivity contribution is -0.153. The van der Waals surface area contributed by atoms with Crippen molar-refractivity contribution in [2.75, 3.05) is 13.2 Å². The van der Waals surface area contributed by atoms with Crippen LogP contribution in [0.2, 0.25) is 0 Å². The molecule has 3 heterocycles. The molecule has 11 nitrogen and oxygen atoms in total. The number of nitrogens with zero attached hydrogens (tertiary/aromatic N) is 1. The first-order chi connectivity index (χ1) is 15.6. The zero-order valence-electron chi connectivity index (χ0n) is 18.8. The largest absolute Gasteiger partial charge is 0.475 e. The van der Waals surface area contributed by atoms with Crippen molar-refractivity contribution in [3.8, 4) is 0 Å². The predicted molar refractivity (Wildman–Crippen MR) is 113 cm³/mol. The summed E-state index contributed by atoms with van der Waals surface area (Å²) in [4.78, 5) is 37.3. The molecule has 6 atom stereocenters. The highest BCUT2D eigenvalue weighted by molar-refractivity contribution is 7.48. The van der Waals surface area contributed by atoms with Gasteiger partial charge in [-0.25, -0.2) is 4.57 Å². The van der Waals surface area contributed by atoms with Gasteiger partial charge in [0.1, 0.15) is 18.3 Å². The van der Waals surface area contributed by atoms with Gasteiger partial charge in [0.15, 0.2) is 12.0 Å². The summed E-state index contributed by atoms with van der Waals surface area (Å²) >= 11 is 0. The Morgan fingerprint density at radius 2 is 2.09 bits per heavy atom. The van der Waals surface area contributed by atoms with Crippen LogP contribution in [-0.4, -0.2) is 65.9 Å². The molecule has 0 bridgehead atoms. The van der Waals surface area contributed by atoms with E-state index in [4.69, 9.17) is 28.8 Å². The van der Waals surface area contributed by atoms with Crippen LogP contribution in [0.25, 0.3) is 0 Å². The van der Waals surface area contributed by atoms with Gasteiger partial charge in [0.2, 0.25) is 5.91 Å². The lowest BCUT2D eigenvalue weighted by atomic mass is 9.92. The van der Waals surface area contributed by atoms with Crippen molar-refractivity contribution < 1.29 is 42.0 Å². The van der Waals surface area contributed by atoms with Crippen LogP contribution in [0, 0.1) is 5.92 Å². The first kappa shape index (κ1) is 24.5. The van der Waals surface area contributed by atoms with Crippen molar-refractivity contribution in [2.45, 2.75) is 82.5 Å². The summed E-state index contributed by atoms with van der Waals surface area (Å²) in [5.74, 6) is -1.46. The predicted octanol–water partition coefficient (Wildman–Crippen LogP) is 1.80. The third kappa shape index (κ3) is 5.23. The summed E-state index contributed by atoms with van der Waals surface area (Å²) in [6.07, 6.45) is 4.08. The molecular weight excluding hydrogens is 455 g/mol. The first-order valence-corrected chi connectivity index (χ1v) is 12.8. The summed E-state index contributed by atoms with van der Waals surface area (Å²) in [7, 11) is -3.96. The van der Waals surface area contributed by atoms with E-state index in [2.05, 4.69) is 0 Å². The Balaban J connectivity index is 1.32. The van der Waals surface area contributed by atoms with Crippen LogP contribution in [0.4, 0.5) is 0 Å². The average Bonchev–Trinajstić information content (AvgIpc) is 3.34. The van der Waals surface area contributed by atoms with Gasteiger partial charge in [0.25, 0.3) is 0 Å². The Morgan fingerprint density at radius 1 is 1.36 bits per heavy atom. The number of nitrogens with two attached hydrogens (primary N) is 1. The molecular formula is C21H31N2O9P. The average molecular weight is 486 g/mol. The molecule has 0 aromatic rings. The van der Waals surface area contributed by atoms with E-state index in [-0.39, 0.29) is 43.9 Å². The van der Waals surface area contributed by atoms with Crippen LogP contribution >= 0.6 is 7.82 Å². The van der Waals surface area contributed by atoms with Crippen molar-refractivity contribution in [1.82, 2.24) is 4.90 Å². The minimum absolute atomic E-state index is 0.0153. The maximum Gasteiger partial charge on any atom is 0.475 e. The van der Waals surface area contributed by atoms with Crippen molar-refractivity contribution in [3.05, 3.63) is 12.3 Å². The van der Waals surface area contributed by atoms with E-state index in [0.29, 0.717) is 0 Å². The van der Waals surface area contributed by atoms with E-state index < -0.39 is 43.6 Å². The van der Waals surface area contributed by atoms with Crippen molar-refractivity contribution in [2.24, 2.45) is 11.7 Å². The van der Waals surface area contributed by atoms with Crippen molar-refractivity contribution in [1.29, 1.82) is 0 Å². The number of rotatable bonds is 7. The van der Waals surface area contributed by atoms with Gasteiger partial charge < -0.3 is 15.2 Å². The Bertz CT molecular complexity index is 870. The molecule has 3 fully saturated rings. The van der Waals surface area contributed by atoms with Gasteiger partial charge in [-0.3, -0.25) is 32.9 Å². The van der Waals surface area contributed by atoms with E-state index >= 15 is 0 Å². The second-order valence-corrected chi connectivity index (χ2v) is 10.9. The number of esters is 1. The van der Waals surface area contributed by atoms with Gasteiger partial charge in [0.05, 0.1) is 31.1 Å². The van der Waals surface area contributed by atoms with Crippen LogP contribution in [0.15, 0.2) is 12.3 Å². The molecule has 2 N–H and O–H groups in total. The van der Waals surface area contributed by atoms with Gasteiger partial charge in [-0.1, -0.05) is 6.92 Å². The van der Waals surface area contributed by atoms with Crippen LogP contribution in [0.1, 0.15) is 52.4 Å². The number of phosphoric ester groups is 1. The minimum Gasteiger partial charge on any atom is -0.462 e. The van der Waals surface area contributed by atoms with Crippen LogP contribution < -0.4 is 5.73 Å². The molecule has 3 aliphatic heterocycles. The second-order valence-electron chi connectivity index (χ2n) is 9.29. The van der Waals surface area contributed by atoms with E-state index in [0.717, 1.165) is 25.7 Å². The number of ketones is 1. The summed E-state index contributed by atoms with van der Waals surface area (Å²) < 4.78 is 40.9. The first-order valence-electron chi connectivity index (χ1n) is 11.3. The maximum absolute atomic E-state index is 13.1. The summed E-state index contributed by atoms with van der Waals surface area (Å²) in [5.41, 5.74) is 5.22. The number of hydrogen-bond donors (Lipinski definition) is 1. The number of allylic oxidation sites excluding steroid dienone is 1. The van der Waals surface area contributed by atoms with Gasteiger partial charge in [-0.2, -0.15) is 0 Å². The summed E-state index contributed by atoms with van der Waals surface area (Å²) in [6.45, 7) is 3.22. The van der Waals surface area contributed by atoms with Crippen LogP contribution in [0.3, 0.4) is 0 Å². The molecule has 2 saturated heterocycles. The quantitative estimate of drug-likeness (QED) is 0.321. The van der Waals surface area contributed by atoms with Gasteiger partial charge in [-0.15, -0.1) is 0 Å². The molecule has 184 valence electrons. The molecule has 4 aliphatic rings. The molecule has 0 aromatic heterocycles. The van der Waals surface area contributed by atoms with Crippen molar-refractivity contribution >= 4 is 25.5 Å². The minimum atomic E-state index is -3.96. The molecule has 12 heteroatoms. The van der Waals surface area contributed by atoms with Gasteiger partial charge in [-0.05, 0) is 45.1 Å². The maximum atomic E-state index is 13.1. The normalized spacial score (nSPS) is 37.9. The molecule has 0 radical (unpaired) electrons. The molecule has 4 rings (SSSR count). The fourth-order valence-corrected chi connectivity index (χ4v) is 6.00. The standard InChI is InChI=1S/C21H31N2O9P/c1-13(19(26)30-15-5-3-4-6-15)8-10-28-33(27)29-12-16-18(32-33)21(2,22)20(31-16)23-9-7-14(24)11-17(23)25/h7,9,13,15-16,18,20H,3-6,8,10-12,22H2,1-2H3/t13?,16-,18-,20-,21-,33+/m1/s1. The Labute approximate surface area is 192 Å². The fourth-order valence-electron chi connectivity index (χ4n) is 4.50. The SMILES string of the molecule is CC(CCO[P@@]1(=O)OC[C@H]2O[C@@H](N3C=CC(=O)CC3=O)[C@](C)(N)[C@@H]2O1)C(=O)OC1CCCC1. The van der Waals surface area contributed by atoms with E-state index in [1.165, 1.54) is 17.2 Å². The van der Waals surface area contributed by atoms with E-state index in [9.17, 15) is 18.9 Å². The highest BCUT2D eigenvalue weighted by atomic mass is 31.2. The third-order valence-corrected chi connectivity index (χ3v) is 7.95. The number of fused-ring (bicyclic) bond motifs is 1. The number of amides is 1. The third-order valence-electron chi connectivity index (χ3n) is 6.50. The van der Waals surface area contributed by atoms with Crippen molar-refractivity contribution in [3.63, 3.8) is 0 Å². The lowest BCUT2D eigenvalue weighted by Gasteiger charge is -2.38. The highest BCUT2D eigenvalue weighted by Gasteiger charge is 2.60. The molecule has 1 saturated carbocycles. The van der Waals surface area contributed by atoms with E-state index in [1.54, 1.807) is 13.8 Å². The Hall–Kier alpha value is -1.62. The topological polar surface area (TPSA) is 144 Å². The molecule has 1 unspecified atom stereocenters. The highest BCUT2D eigenvalue weighted by Crippen LogP contribution is 2.57. The van der Waals surface area contributed by atoms with E-state index in [1.807, 2.05) is 0 Å². The number of phosphoric acid groups is 1. The zero-order chi connectivity index (χ0) is 23.8. The van der Waals surface area contributed by atoms with Crippen LogP contribution in [0.5, 0.6) is 0 Å². The number of hydrogen-bond acceptors (Lipinski definition) is 10. The molecule has 0 spiro atoms. The van der Waals surface area contributed by atoms with Gasteiger partial charge in [0, 0.05) is 6.20 Å². The zero-order valence-corrected chi connectivity index (χ0v) is 19.7.